The normalized spacial score (nSPS) is 16.7. The molecule has 1 atom stereocenters. The summed E-state index contributed by atoms with van der Waals surface area (Å²) in [5.74, 6) is 1.45. The molecule has 0 spiro atoms. The van der Waals surface area contributed by atoms with Crippen LogP contribution < -0.4 is 9.47 Å². The lowest BCUT2D eigenvalue weighted by Gasteiger charge is -2.30. The number of thioether (sulfide) groups is 1. The van der Waals surface area contributed by atoms with Gasteiger partial charge in [-0.05, 0) is 18.2 Å². The highest BCUT2D eigenvalue weighted by molar-refractivity contribution is 8.00. The van der Waals surface area contributed by atoms with Gasteiger partial charge < -0.3 is 19.1 Å². The maximum absolute atomic E-state index is 12.8. The summed E-state index contributed by atoms with van der Waals surface area (Å²) >= 11 is 2.90. The first-order chi connectivity index (χ1) is 13.1. The molecule has 0 radical (unpaired) electrons. The Kier molecular flexibility index (Phi) is 6.22. The number of aromatic nitrogens is 1. The molecule has 9 heteroatoms. The summed E-state index contributed by atoms with van der Waals surface area (Å²) in [6, 6.07) is 5.51. The van der Waals surface area contributed by atoms with Crippen LogP contribution in [0.15, 0.2) is 23.6 Å². The van der Waals surface area contributed by atoms with E-state index in [2.05, 4.69) is 4.98 Å². The van der Waals surface area contributed by atoms with Crippen LogP contribution in [0.25, 0.3) is 10.6 Å². The van der Waals surface area contributed by atoms with Gasteiger partial charge in [0.2, 0.25) is 0 Å². The Morgan fingerprint density at radius 2 is 1.96 bits per heavy atom. The van der Waals surface area contributed by atoms with Gasteiger partial charge in [0.1, 0.15) is 16.0 Å². The van der Waals surface area contributed by atoms with Crippen molar-refractivity contribution in [2.24, 2.45) is 0 Å². The molecule has 0 aliphatic carbocycles. The average Bonchev–Trinajstić information content (AvgIpc) is 3.22. The number of hydrogen-bond donors (Lipinski definition) is 0. The number of esters is 1. The fourth-order valence-corrected chi connectivity index (χ4v) is 4.66. The maximum atomic E-state index is 12.8. The minimum atomic E-state index is -0.350. The van der Waals surface area contributed by atoms with E-state index in [1.54, 1.807) is 30.6 Å². The van der Waals surface area contributed by atoms with Crippen LogP contribution in [0, 0.1) is 0 Å². The first-order valence-corrected chi connectivity index (χ1v) is 10.2. The lowest BCUT2D eigenvalue weighted by molar-refractivity contribution is -0.140. The van der Waals surface area contributed by atoms with E-state index >= 15 is 0 Å². The van der Waals surface area contributed by atoms with Gasteiger partial charge in [-0.3, -0.25) is 9.59 Å². The summed E-state index contributed by atoms with van der Waals surface area (Å²) in [6.45, 7) is 0.916. The predicted molar refractivity (Wildman–Crippen MR) is 105 cm³/mol. The van der Waals surface area contributed by atoms with Gasteiger partial charge in [-0.25, -0.2) is 4.98 Å². The van der Waals surface area contributed by atoms with Crippen molar-refractivity contribution in [3.63, 3.8) is 0 Å². The summed E-state index contributed by atoms with van der Waals surface area (Å²) < 4.78 is 15.4. The van der Waals surface area contributed by atoms with Gasteiger partial charge >= 0.3 is 5.97 Å². The number of amides is 1. The van der Waals surface area contributed by atoms with Crippen LogP contribution in [-0.4, -0.2) is 67.2 Å². The number of rotatable bonds is 5. The SMILES string of the molecule is COC(=O)[C@H]1CN(C(=O)c2csc(-c3ccc(OC)c(OC)c3)n2)CCS1. The van der Waals surface area contributed by atoms with E-state index in [1.165, 1.54) is 30.2 Å². The minimum absolute atomic E-state index is 0.174. The zero-order valence-electron chi connectivity index (χ0n) is 15.3. The number of benzene rings is 1. The number of nitrogens with zero attached hydrogens (tertiary/aromatic N) is 2. The molecule has 1 aromatic heterocycles. The van der Waals surface area contributed by atoms with E-state index < -0.39 is 0 Å². The fraction of sp³-hybridized carbons (Fsp3) is 0.389. The average molecular weight is 409 g/mol. The molecule has 1 aliphatic heterocycles. The Hall–Kier alpha value is -2.26. The Balaban J connectivity index is 1.77. The van der Waals surface area contributed by atoms with Crippen LogP contribution >= 0.6 is 23.1 Å². The number of ether oxygens (including phenoxy) is 3. The maximum Gasteiger partial charge on any atom is 0.320 e. The van der Waals surface area contributed by atoms with Gasteiger partial charge in [0.05, 0.1) is 21.3 Å². The van der Waals surface area contributed by atoms with Crippen LogP contribution in [0.3, 0.4) is 0 Å². The van der Waals surface area contributed by atoms with Crippen molar-refractivity contribution in [2.45, 2.75) is 5.25 Å². The zero-order chi connectivity index (χ0) is 19.4. The van der Waals surface area contributed by atoms with E-state index in [9.17, 15) is 9.59 Å². The third-order valence-corrected chi connectivity index (χ3v) is 6.23. The molecular formula is C18H20N2O5S2. The van der Waals surface area contributed by atoms with Crippen molar-refractivity contribution in [2.75, 3.05) is 40.2 Å². The monoisotopic (exact) mass is 408 g/mol. The molecule has 1 aliphatic rings. The highest BCUT2D eigenvalue weighted by Crippen LogP contribution is 2.33. The molecule has 27 heavy (non-hydrogen) atoms. The molecule has 1 amide bonds. The Labute approximate surface area is 165 Å². The topological polar surface area (TPSA) is 78.0 Å². The third kappa shape index (κ3) is 4.19. The van der Waals surface area contributed by atoms with Crippen molar-refractivity contribution in [1.29, 1.82) is 0 Å². The number of thiazole rings is 1. The van der Waals surface area contributed by atoms with Crippen LogP contribution in [0.4, 0.5) is 0 Å². The highest BCUT2D eigenvalue weighted by Gasteiger charge is 2.31. The molecule has 0 bridgehead atoms. The van der Waals surface area contributed by atoms with Gasteiger partial charge in [-0.2, -0.15) is 0 Å². The minimum Gasteiger partial charge on any atom is -0.493 e. The van der Waals surface area contributed by atoms with Gasteiger partial charge in [0.25, 0.3) is 5.91 Å². The largest absolute Gasteiger partial charge is 0.493 e. The van der Waals surface area contributed by atoms with Gasteiger partial charge in [0, 0.05) is 29.8 Å². The zero-order valence-corrected chi connectivity index (χ0v) is 16.9. The second-order valence-corrected chi connectivity index (χ2v) is 7.91. The smallest absolute Gasteiger partial charge is 0.320 e. The van der Waals surface area contributed by atoms with E-state index in [0.717, 1.165) is 10.6 Å². The van der Waals surface area contributed by atoms with E-state index in [-0.39, 0.29) is 17.1 Å². The molecule has 1 fully saturated rings. The molecule has 3 rings (SSSR count). The third-order valence-electron chi connectivity index (χ3n) is 4.17. The first-order valence-electron chi connectivity index (χ1n) is 8.24. The second-order valence-electron chi connectivity index (χ2n) is 5.74. The summed E-state index contributed by atoms with van der Waals surface area (Å²) in [4.78, 5) is 30.7. The highest BCUT2D eigenvalue weighted by atomic mass is 32.2. The number of methoxy groups -OCH3 is 3. The Morgan fingerprint density at radius 3 is 2.67 bits per heavy atom. The molecule has 0 saturated carbocycles. The van der Waals surface area contributed by atoms with E-state index in [4.69, 9.17) is 14.2 Å². The Bertz CT molecular complexity index is 839. The molecular weight excluding hydrogens is 388 g/mol. The fourth-order valence-electron chi connectivity index (χ4n) is 2.74. The molecule has 0 unspecified atom stereocenters. The van der Waals surface area contributed by atoms with E-state index in [1.807, 2.05) is 12.1 Å². The summed E-state index contributed by atoms with van der Waals surface area (Å²) in [5, 5.41) is 2.11. The van der Waals surface area contributed by atoms with Gasteiger partial charge in [-0.15, -0.1) is 23.1 Å². The Morgan fingerprint density at radius 1 is 1.19 bits per heavy atom. The lowest BCUT2D eigenvalue weighted by atomic mass is 10.2. The van der Waals surface area contributed by atoms with Crippen LogP contribution in [-0.2, 0) is 9.53 Å². The molecule has 1 saturated heterocycles. The number of carbonyl (C=O) groups is 2. The molecule has 7 nitrogen and oxygen atoms in total. The summed E-state index contributed by atoms with van der Waals surface area (Å²) in [5.41, 5.74) is 1.22. The van der Waals surface area contributed by atoms with Crippen molar-refractivity contribution in [1.82, 2.24) is 9.88 Å². The molecule has 0 N–H and O–H groups in total. The van der Waals surface area contributed by atoms with E-state index in [0.29, 0.717) is 36.0 Å². The summed E-state index contributed by atoms with van der Waals surface area (Å²) in [6.07, 6.45) is 0. The van der Waals surface area contributed by atoms with Crippen molar-refractivity contribution in [3.05, 3.63) is 29.3 Å². The van der Waals surface area contributed by atoms with Gasteiger partial charge in [-0.1, -0.05) is 0 Å². The molecule has 1 aromatic carbocycles. The lowest BCUT2D eigenvalue weighted by Crippen LogP contribution is -2.45. The number of carbonyl (C=O) groups excluding carboxylic acids is 2. The summed E-state index contributed by atoms with van der Waals surface area (Å²) in [7, 11) is 4.51. The quantitative estimate of drug-likeness (QED) is 0.704. The standard InChI is InChI=1S/C18H20N2O5S2/c1-23-13-5-4-11(8-14(13)24-2)16-19-12(10-27-16)17(21)20-6-7-26-15(9-20)18(22)25-3/h4-5,8,10,15H,6-7,9H2,1-3H3/t15-/m1/s1. The van der Waals surface area contributed by atoms with Gasteiger partial charge in [0.15, 0.2) is 11.5 Å². The van der Waals surface area contributed by atoms with Crippen molar-refractivity contribution < 1.29 is 23.8 Å². The number of hydrogen-bond acceptors (Lipinski definition) is 8. The molecule has 144 valence electrons. The molecule has 2 aromatic rings. The van der Waals surface area contributed by atoms with Crippen molar-refractivity contribution in [3.8, 4) is 22.1 Å². The first kappa shape index (κ1) is 19.5. The predicted octanol–water partition coefficient (Wildman–Crippen LogP) is 2.56. The van der Waals surface area contributed by atoms with Crippen LogP contribution in [0.2, 0.25) is 0 Å². The second kappa shape index (κ2) is 8.62. The van der Waals surface area contributed by atoms with Crippen LogP contribution in [0.1, 0.15) is 10.5 Å². The van der Waals surface area contributed by atoms with Crippen LogP contribution in [0.5, 0.6) is 11.5 Å². The molecule has 2 heterocycles. The van der Waals surface area contributed by atoms with Crippen molar-refractivity contribution >= 4 is 35.0 Å².